The molecular weight excluding hydrogens is 518 g/mol. The molecule has 0 bridgehead atoms. The van der Waals surface area contributed by atoms with Gasteiger partial charge in [-0.3, -0.25) is 4.98 Å². The van der Waals surface area contributed by atoms with Crippen LogP contribution in [0.4, 0.5) is 42.3 Å². The van der Waals surface area contributed by atoms with Crippen molar-refractivity contribution >= 4 is 45.7 Å². The number of rotatable bonds is 4. The normalized spacial score (nSPS) is 16.3. The minimum Gasteiger partial charge on any atom is -0.464 e. The molecule has 0 saturated carbocycles. The number of carbonyl (C=O) groups is 1. The first-order valence-corrected chi connectivity index (χ1v) is 13.0. The molecule has 4 aromatic rings. The summed E-state index contributed by atoms with van der Waals surface area (Å²) in [4.78, 5) is 30.8. The third-order valence-corrected chi connectivity index (χ3v) is 7.47. The van der Waals surface area contributed by atoms with Crippen LogP contribution < -0.4 is 14.7 Å². The summed E-state index contributed by atoms with van der Waals surface area (Å²) in [6, 6.07) is 9.30. The smallest absolute Gasteiger partial charge is 0.418 e. The minimum absolute atomic E-state index is 0.00991. The lowest BCUT2D eigenvalue weighted by molar-refractivity contribution is 0.122. The van der Waals surface area contributed by atoms with Gasteiger partial charge in [0.05, 0.1) is 53.9 Å². The van der Waals surface area contributed by atoms with Crippen LogP contribution >= 0.6 is 0 Å². The number of fused-ring (bicyclic) bond motifs is 2. The Morgan fingerprint density at radius 2 is 1.82 bits per heavy atom. The maximum Gasteiger partial charge on any atom is 0.418 e. The number of amides is 1. The van der Waals surface area contributed by atoms with E-state index < -0.39 is 23.1 Å². The fourth-order valence-corrected chi connectivity index (χ4v) is 5.54. The van der Waals surface area contributed by atoms with E-state index in [-0.39, 0.29) is 17.3 Å². The monoisotopic (exact) mass is 546 g/mol. The van der Waals surface area contributed by atoms with Crippen molar-refractivity contribution in [1.29, 1.82) is 0 Å². The molecule has 1 aromatic carbocycles. The second-order valence-electron chi connectivity index (χ2n) is 10.7. The van der Waals surface area contributed by atoms with Gasteiger partial charge in [-0.25, -0.2) is 28.4 Å². The lowest BCUT2D eigenvalue weighted by Crippen LogP contribution is -2.36. The van der Waals surface area contributed by atoms with Gasteiger partial charge in [0.1, 0.15) is 17.5 Å². The van der Waals surface area contributed by atoms with E-state index in [1.807, 2.05) is 31.0 Å². The van der Waals surface area contributed by atoms with E-state index in [4.69, 9.17) is 9.72 Å². The van der Waals surface area contributed by atoms with E-state index >= 15 is 4.39 Å². The number of carboxylic acid groups (broad SMARTS) is 1. The van der Waals surface area contributed by atoms with Crippen LogP contribution in [-0.4, -0.2) is 59.0 Å². The molecule has 1 fully saturated rings. The molecule has 5 heterocycles. The molecule has 1 N–H and O–H groups in total. The Morgan fingerprint density at radius 1 is 1.07 bits per heavy atom. The second-order valence-corrected chi connectivity index (χ2v) is 10.7. The number of benzene rings is 1. The number of nitrogens with zero attached hydrogens (tertiary/aromatic N) is 6. The van der Waals surface area contributed by atoms with Gasteiger partial charge >= 0.3 is 6.09 Å². The van der Waals surface area contributed by atoms with Crippen LogP contribution in [0.2, 0.25) is 0 Å². The van der Waals surface area contributed by atoms with Crippen molar-refractivity contribution in [2.75, 3.05) is 47.5 Å². The van der Waals surface area contributed by atoms with E-state index in [9.17, 15) is 14.3 Å². The summed E-state index contributed by atoms with van der Waals surface area (Å²) in [5, 5.41) is 10.9. The highest BCUT2D eigenvalue weighted by Gasteiger charge is 2.40. The zero-order valence-electron chi connectivity index (χ0n) is 22.4. The molecule has 0 atom stereocenters. The molecule has 1 saturated heterocycles. The van der Waals surface area contributed by atoms with Crippen LogP contribution in [0.1, 0.15) is 25.1 Å². The predicted octanol–water partition coefficient (Wildman–Crippen LogP) is 5.69. The first kappa shape index (κ1) is 25.9. The highest BCUT2D eigenvalue weighted by molar-refractivity contribution is 5.96. The molecule has 1 amide bonds. The van der Waals surface area contributed by atoms with Gasteiger partial charge in [-0.2, -0.15) is 0 Å². The summed E-state index contributed by atoms with van der Waals surface area (Å²) >= 11 is 0. The molecule has 11 heteroatoms. The van der Waals surface area contributed by atoms with Gasteiger partial charge in [0, 0.05) is 42.1 Å². The maximum absolute atomic E-state index is 15.6. The van der Waals surface area contributed by atoms with Gasteiger partial charge in [-0.15, -0.1) is 0 Å². The Morgan fingerprint density at radius 3 is 2.58 bits per heavy atom. The Kier molecular flexibility index (Phi) is 6.25. The molecule has 2 aliphatic rings. The van der Waals surface area contributed by atoms with Crippen molar-refractivity contribution in [2.24, 2.45) is 0 Å². The quantitative estimate of drug-likeness (QED) is 0.349. The maximum atomic E-state index is 15.6. The van der Waals surface area contributed by atoms with Crippen molar-refractivity contribution in [2.45, 2.75) is 26.2 Å². The molecule has 206 valence electrons. The Bertz CT molecular complexity index is 1640. The van der Waals surface area contributed by atoms with E-state index in [0.717, 1.165) is 41.3 Å². The van der Waals surface area contributed by atoms with E-state index in [1.165, 1.54) is 18.2 Å². The lowest BCUT2D eigenvalue weighted by Gasteiger charge is -2.30. The van der Waals surface area contributed by atoms with Gasteiger partial charge in [0.25, 0.3) is 0 Å². The van der Waals surface area contributed by atoms with Crippen LogP contribution in [0, 0.1) is 18.6 Å². The molecule has 2 aliphatic heterocycles. The summed E-state index contributed by atoms with van der Waals surface area (Å²) in [5.74, 6) is -1.04. The van der Waals surface area contributed by atoms with Crippen LogP contribution in [-0.2, 0) is 10.2 Å². The van der Waals surface area contributed by atoms with Crippen LogP contribution in [0.5, 0.6) is 0 Å². The molecule has 40 heavy (non-hydrogen) atoms. The number of hydrogen-bond acceptors (Lipinski definition) is 7. The summed E-state index contributed by atoms with van der Waals surface area (Å²) in [7, 11) is 0. The number of aromatic nitrogens is 3. The molecular formula is C29H28F2N6O3. The summed E-state index contributed by atoms with van der Waals surface area (Å²) < 4.78 is 35.0. The number of anilines is 5. The standard InChI is InChI=1S/C29H28F2N6O3/c1-17-25(36-16-29(2,3)26-23(36)13-20(14-32-26)35-8-10-40-11-9-35)21(31)15-33-27(17)37(28(38)39)24-7-5-18-4-6-19(30)12-22(18)34-24/h4-7,12-15H,8-11,16H2,1-3H3,(H,38,39). The van der Waals surface area contributed by atoms with Crippen molar-refractivity contribution in [3.8, 4) is 0 Å². The largest absolute Gasteiger partial charge is 0.464 e. The van der Waals surface area contributed by atoms with Crippen molar-refractivity contribution in [1.82, 2.24) is 15.0 Å². The van der Waals surface area contributed by atoms with Crippen molar-refractivity contribution < 1.29 is 23.4 Å². The van der Waals surface area contributed by atoms with E-state index in [2.05, 4.69) is 14.9 Å². The first-order valence-electron chi connectivity index (χ1n) is 13.0. The number of hydrogen-bond donors (Lipinski definition) is 1. The summed E-state index contributed by atoms with van der Waals surface area (Å²) in [6.07, 6.45) is 1.52. The fourth-order valence-electron chi connectivity index (χ4n) is 5.54. The number of morpholine rings is 1. The zero-order valence-corrected chi connectivity index (χ0v) is 22.4. The average molecular weight is 547 g/mol. The number of ether oxygens (including phenoxy) is 1. The Balaban J connectivity index is 1.46. The lowest BCUT2D eigenvalue weighted by atomic mass is 9.91. The molecule has 9 nitrogen and oxygen atoms in total. The van der Waals surface area contributed by atoms with Gasteiger partial charge in [-0.1, -0.05) is 13.8 Å². The highest BCUT2D eigenvalue weighted by atomic mass is 19.1. The number of halogens is 2. The molecule has 0 aliphatic carbocycles. The first-order chi connectivity index (χ1) is 19.1. The van der Waals surface area contributed by atoms with E-state index in [0.29, 0.717) is 36.2 Å². The topological polar surface area (TPSA) is 94.9 Å². The third-order valence-electron chi connectivity index (χ3n) is 7.47. The van der Waals surface area contributed by atoms with Gasteiger partial charge in [0.2, 0.25) is 0 Å². The van der Waals surface area contributed by atoms with Gasteiger partial charge in [-0.05, 0) is 37.3 Å². The minimum atomic E-state index is -1.35. The summed E-state index contributed by atoms with van der Waals surface area (Å²) in [5.41, 5.74) is 2.94. The average Bonchev–Trinajstić information content (AvgIpc) is 3.20. The third kappa shape index (κ3) is 4.36. The molecule has 0 unspecified atom stereocenters. The Hall–Kier alpha value is -4.38. The van der Waals surface area contributed by atoms with Crippen LogP contribution in [0.15, 0.2) is 48.8 Å². The Labute approximate surface area is 229 Å². The second kappa shape index (κ2) is 9.67. The SMILES string of the molecule is Cc1c(N(C(=O)O)c2ccc3ccc(F)cc3n2)ncc(F)c1N1CC(C)(C)c2ncc(N3CCOCC3)cc21. The van der Waals surface area contributed by atoms with Crippen molar-refractivity contribution in [3.63, 3.8) is 0 Å². The molecule has 3 aromatic heterocycles. The zero-order chi connectivity index (χ0) is 28.2. The number of pyridine rings is 3. The molecule has 0 spiro atoms. The van der Waals surface area contributed by atoms with Gasteiger partial charge < -0.3 is 19.6 Å². The van der Waals surface area contributed by atoms with Crippen LogP contribution in [0.25, 0.3) is 10.9 Å². The molecule has 6 rings (SSSR count). The molecule has 0 radical (unpaired) electrons. The van der Waals surface area contributed by atoms with Gasteiger partial charge in [0.15, 0.2) is 5.82 Å². The van der Waals surface area contributed by atoms with Crippen LogP contribution in [0.3, 0.4) is 0 Å². The fraction of sp³-hybridized carbons (Fsp3) is 0.310. The predicted molar refractivity (Wildman–Crippen MR) is 148 cm³/mol. The van der Waals surface area contributed by atoms with Crippen molar-refractivity contribution in [3.05, 3.63) is 71.7 Å². The summed E-state index contributed by atoms with van der Waals surface area (Å²) in [6.45, 7) is 8.86. The highest BCUT2D eigenvalue weighted by Crippen LogP contribution is 2.47. The van der Waals surface area contributed by atoms with E-state index in [1.54, 1.807) is 19.1 Å².